The predicted octanol–water partition coefficient (Wildman–Crippen LogP) is 12.7. The monoisotopic (exact) mass is 696 g/mol. The minimum atomic E-state index is -0.742. The van der Waals surface area contributed by atoms with Crippen molar-refractivity contribution in [2.45, 2.75) is 270 Å². The third-order valence-electron chi connectivity index (χ3n) is 10.7. The Hall–Kier alpha value is -0.650. The van der Waals surface area contributed by atoms with Gasteiger partial charge >= 0.3 is 0 Å². The van der Waals surface area contributed by atoms with Crippen molar-refractivity contribution in [3.63, 3.8) is 0 Å². The van der Waals surface area contributed by atoms with Crippen molar-refractivity contribution in [2.75, 3.05) is 6.61 Å². The van der Waals surface area contributed by atoms with Gasteiger partial charge in [0.25, 0.3) is 0 Å². The molecule has 0 aliphatic heterocycles. The molecule has 294 valence electrons. The lowest BCUT2D eigenvalue weighted by Crippen LogP contribution is -2.46. The highest BCUT2D eigenvalue weighted by Crippen LogP contribution is 2.17. The SMILES string of the molecule is CCCCCCCCCCCCCCCCCCCCCCCC(O)CC(=O)NC(CO)C(O)CCCCCCCCCCCCCCC. The normalized spacial score (nSPS) is 13.5. The molecule has 0 spiro atoms. The van der Waals surface area contributed by atoms with Crippen LogP contribution in [-0.2, 0) is 4.79 Å². The first-order valence-corrected chi connectivity index (χ1v) is 22.3. The van der Waals surface area contributed by atoms with Crippen LogP contribution in [0, 0.1) is 0 Å². The van der Waals surface area contributed by atoms with E-state index in [-0.39, 0.29) is 18.9 Å². The van der Waals surface area contributed by atoms with Gasteiger partial charge in [0.15, 0.2) is 0 Å². The Bertz CT molecular complexity index is 644. The average molecular weight is 696 g/mol. The van der Waals surface area contributed by atoms with Gasteiger partial charge in [-0.15, -0.1) is 0 Å². The highest BCUT2D eigenvalue weighted by molar-refractivity contribution is 5.76. The van der Waals surface area contributed by atoms with Gasteiger partial charge in [-0.3, -0.25) is 4.79 Å². The molecule has 3 atom stereocenters. The molecule has 3 unspecified atom stereocenters. The molecule has 5 nitrogen and oxygen atoms in total. The molecular weight excluding hydrogens is 606 g/mol. The molecule has 0 heterocycles. The first kappa shape index (κ1) is 48.3. The fourth-order valence-corrected chi connectivity index (χ4v) is 7.23. The number of aliphatic hydroxyl groups excluding tert-OH is 3. The second-order valence-electron chi connectivity index (χ2n) is 15.7. The molecule has 1 amide bonds. The van der Waals surface area contributed by atoms with Crippen LogP contribution in [0.25, 0.3) is 0 Å². The van der Waals surface area contributed by atoms with E-state index in [1.165, 1.54) is 193 Å². The van der Waals surface area contributed by atoms with Crippen LogP contribution in [0.3, 0.4) is 0 Å². The van der Waals surface area contributed by atoms with Crippen LogP contribution in [0.15, 0.2) is 0 Å². The van der Waals surface area contributed by atoms with Gasteiger partial charge < -0.3 is 20.6 Å². The largest absolute Gasteiger partial charge is 0.394 e. The first-order chi connectivity index (χ1) is 24.0. The summed E-state index contributed by atoms with van der Waals surface area (Å²) < 4.78 is 0. The maximum atomic E-state index is 12.4. The molecule has 0 aliphatic carbocycles. The molecule has 0 fully saturated rings. The summed E-state index contributed by atoms with van der Waals surface area (Å²) in [4.78, 5) is 12.4. The second kappa shape index (κ2) is 40.1. The van der Waals surface area contributed by atoms with Crippen LogP contribution in [-0.4, -0.2) is 46.1 Å². The summed E-state index contributed by atoms with van der Waals surface area (Å²) in [5.74, 6) is -0.278. The summed E-state index contributed by atoms with van der Waals surface area (Å²) in [5.41, 5.74) is 0. The zero-order valence-corrected chi connectivity index (χ0v) is 33.4. The summed E-state index contributed by atoms with van der Waals surface area (Å²) in [6, 6.07) is -0.651. The number of nitrogens with one attached hydrogen (secondary N) is 1. The van der Waals surface area contributed by atoms with E-state index in [2.05, 4.69) is 19.2 Å². The Morgan fingerprint density at radius 3 is 0.980 bits per heavy atom. The Morgan fingerprint density at radius 2 is 0.694 bits per heavy atom. The topological polar surface area (TPSA) is 89.8 Å². The molecule has 0 saturated heterocycles. The lowest BCUT2D eigenvalue weighted by atomic mass is 10.0. The Labute approximate surface area is 307 Å². The highest BCUT2D eigenvalue weighted by Gasteiger charge is 2.21. The van der Waals surface area contributed by atoms with Crippen LogP contribution in [0.1, 0.15) is 251 Å². The van der Waals surface area contributed by atoms with Crippen LogP contribution in [0.4, 0.5) is 0 Å². The van der Waals surface area contributed by atoms with Gasteiger partial charge in [-0.05, 0) is 12.8 Å². The predicted molar refractivity (Wildman–Crippen MR) is 213 cm³/mol. The van der Waals surface area contributed by atoms with E-state index in [1.807, 2.05) is 0 Å². The second-order valence-corrected chi connectivity index (χ2v) is 15.7. The quantitative estimate of drug-likeness (QED) is 0.0479. The first-order valence-electron chi connectivity index (χ1n) is 22.3. The van der Waals surface area contributed by atoms with Crippen molar-refractivity contribution >= 4 is 5.91 Å². The van der Waals surface area contributed by atoms with Crippen molar-refractivity contribution in [3.05, 3.63) is 0 Å². The van der Waals surface area contributed by atoms with E-state index in [0.717, 1.165) is 25.7 Å². The Kier molecular flexibility index (Phi) is 39.6. The minimum absolute atomic E-state index is 0.0428. The van der Waals surface area contributed by atoms with Crippen LogP contribution >= 0.6 is 0 Å². The minimum Gasteiger partial charge on any atom is -0.394 e. The average Bonchev–Trinajstić information content (AvgIpc) is 3.09. The number of aliphatic hydroxyl groups is 3. The summed E-state index contributed by atoms with van der Waals surface area (Å²) >= 11 is 0. The number of hydrogen-bond donors (Lipinski definition) is 4. The van der Waals surface area contributed by atoms with Gasteiger partial charge in [0.2, 0.25) is 5.91 Å². The van der Waals surface area contributed by atoms with Gasteiger partial charge in [0, 0.05) is 0 Å². The lowest BCUT2D eigenvalue weighted by molar-refractivity contribution is -0.125. The molecule has 5 heteroatoms. The maximum Gasteiger partial charge on any atom is 0.222 e. The van der Waals surface area contributed by atoms with E-state index in [9.17, 15) is 20.1 Å². The molecule has 0 saturated carbocycles. The van der Waals surface area contributed by atoms with Crippen molar-refractivity contribution in [1.82, 2.24) is 5.32 Å². The fourth-order valence-electron chi connectivity index (χ4n) is 7.23. The molecule has 0 aromatic carbocycles. The molecule has 0 radical (unpaired) electrons. The molecule has 0 rings (SSSR count). The zero-order chi connectivity index (χ0) is 35.9. The van der Waals surface area contributed by atoms with E-state index in [4.69, 9.17) is 0 Å². The molecule has 49 heavy (non-hydrogen) atoms. The van der Waals surface area contributed by atoms with E-state index in [1.54, 1.807) is 0 Å². The van der Waals surface area contributed by atoms with Gasteiger partial charge in [-0.1, -0.05) is 232 Å². The molecule has 0 aromatic rings. The summed E-state index contributed by atoms with van der Waals surface area (Å²) in [6.45, 7) is 4.28. The highest BCUT2D eigenvalue weighted by atomic mass is 16.3. The van der Waals surface area contributed by atoms with Crippen molar-refractivity contribution in [2.24, 2.45) is 0 Å². The van der Waals surface area contributed by atoms with E-state index < -0.39 is 18.2 Å². The molecular formula is C44H89NO4. The third kappa shape index (κ3) is 36.9. The van der Waals surface area contributed by atoms with Gasteiger partial charge in [0.1, 0.15) is 0 Å². The number of carbonyl (C=O) groups is 1. The van der Waals surface area contributed by atoms with Crippen LogP contribution in [0.2, 0.25) is 0 Å². The molecule has 0 aromatic heterocycles. The smallest absolute Gasteiger partial charge is 0.222 e. The van der Waals surface area contributed by atoms with Gasteiger partial charge in [0.05, 0.1) is 31.3 Å². The zero-order valence-electron chi connectivity index (χ0n) is 33.4. The number of amides is 1. The van der Waals surface area contributed by atoms with Crippen molar-refractivity contribution in [3.8, 4) is 0 Å². The third-order valence-corrected chi connectivity index (χ3v) is 10.7. The lowest BCUT2D eigenvalue weighted by Gasteiger charge is -2.23. The molecule has 0 bridgehead atoms. The molecule has 4 N–H and O–H groups in total. The summed E-state index contributed by atoms with van der Waals surface area (Å²) in [5, 5.41) is 33.4. The number of carbonyl (C=O) groups excluding carboxylic acids is 1. The van der Waals surface area contributed by atoms with Crippen LogP contribution < -0.4 is 5.32 Å². The molecule has 0 aliphatic rings. The Balaban J connectivity index is 3.54. The van der Waals surface area contributed by atoms with Crippen molar-refractivity contribution < 1.29 is 20.1 Å². The summed E-state index contributed by atoms with van der Waals surface area (Å²) in [7, 11) is 0. The van der Waals surface area contributed by atoms with Gasteiger partial charge in [-0.2, -0.15) is 0 Å². The number of rotatable bonds is 41. The van der Waals surface area contributed by atoms with Crippen molar-refractivity contribution in [1.29, 1.82) is 0 Å². The Morgan fingerprint density at radius 1 is 0.429 bits per heavy atom. The summed E-state index contributed by atoms with van der Waals surface area (Å²) in [6.07, 6.45) is 45.0. The number of unbranched alkanes of at least 4 members (excludes halogenated alkanes) is 32. The van der Waals surface area contributed by atoms with E-state index >= 15 is 0 Å². The van der Waals surface area contributed by atoms with Crippen LogP contribution in [0.5, 0.6) is 0 Å². The standard InChI is InChI=1S/C44H89NO4/c1-3-5-7-9-11-13-15-17-18-19-20-21-22-23-24-26-27-29-31-33-35-37-41(47)39-44(49)45-42(40-46)43(48)38-36-34-32-30-28-25-16-14-12-10-8-6-4-2/h41-43,46-48H,3-40H2,1-2H3,(H,45,49). The maximum absolute atomic E-state index is 12.4. The fraction of sp³-hybridized carbons (Fsp3) is 0.977. The van der Waals surface area contributed by atoms with E-state index in [0.29, 0.717) is 12.8 Å². The van der Waals surface area contributed by atoms with Gasteiger partial charge in [-0.25, -0.2) is 0 Å². The number of hydrogen-bond acceptors (Lipinski definition) is 4.